The van der Waals surface area contributed by atoms with Gasteiger partial charge in [-0.3, -0.25) is 4.90 Å². The lowest BCUT2D eigenvalue weighted by molar-refractivity contribution is 0.0293. The van der Waals surface area contributed by atoms with Crippen LogP contribution in [0.2, 0.25) is 0 Å². The van der Waals surface area contributed by atoms with Gasteiger partial charge < -0.3 is 9.63 Å². The molecule has 0 aromatic carbocycles. The number of aryl methyl sites for hydroxylation is 1. The summed E-state index contributed by atoms with van der Waals surface area (Å²) in [7, 11) is 0. The van der Waals surface area contributed by atoms with Crippen LogP contribution < -0.4 is 0 Å². The lowest BCUT2D eigenvalue weighted by Crippen LogP contribution is -2.44. The number of piperidine rings is 1. The van der Waals surface area contributed by atoms with Crippen molar-refractivity contribution in [2.75, 3.05) is 0 Å². The first-order valence-corrected chi connectivity index (χ1v) is 6.51. The largest absolute Gasteiger partial charge is 0.393 e. The Balaban J connectivity index is 1.69. The number of fused-ring (bicyclic) bond motifs is 2. The Morgan fingerprint density at radius 1 is 1.35 bits per heavy atom. The van der Waals surface area contributed by atoms with Crippen molar-refractivity contribution in [3.8, 4) is 0 Å². The SMILES string of the molecule is CCc1nc(CN2C3CCC2CC(O)C3)no1. The Labute approximate surface area is 101 Å². The minimum absolute atomic E-state index is 0.111. The van der Waals surface area contributed by atoms with Gasteiger partial charge in [-0.15, -0.1) is 0 Å². The Kier molecular flexibility index (Phi) is 2.88. The molecule has 17 heavy (non-hydrogen) atoms. The Hall–Kier alpha value is -0.940. The van der Waals surface area contributed by atoms with E-state index in [-0.39, 0.29) is 6.10 Å². The van der Waals surface area contributed by atoms with Crippen molar-refractivity contribution >= 4 is 0 Å². The van der Waals surface area contributed by atoms with Gasteiger partial charge in [0.1, 0.15) is 0 Å². The fourth-order valence-corrected chi connectivity index (χ4v) is 3.16. The molecule has 94 valence electrons. The standard InChI is InChI=1S/C12H19N3O2/c1-2-12-13-11(14-17-12)7-15-8-3-4-9(15)6-10(16)5-8/h8-10,16H,2-7H2,1H3. The quantitative estimate of drug-likeness (QED) is 0.853. The summed E-state index contributed by atoms with van der Waals surface area (Å²) >= 11 is 0. The van der Waals surface area contributed by atoms with Crippen LogP contribution in [-0.2, 0) is 13.0 Å². The maximum Gasteiger partial charge on any atom is 0.226 e. The third-order valence-electron chi connectivity index (χ3n) is 4.00. The van der Waals surface area contributed by atoms with E-state index in [1.807, 2.05) is 6.92 Å². The number of aromatic nitrogens is 2. The van der Waals surface area contributed by atoms with E-state index in [9.17, 15) is 5.11 Å². The highest BCUT2D eigenvalue weighted by Crippen LogP contribution is 2.36. The molecule has 2 fully saturated rings. The number of rotatable bonds is 3. The lowest BCUT2D eigenvalue weighted by Gasteiger charge is -2.36. The topological polar surface area (TPSA) is 62.4 Å². The Morgan fingerprint density at radius 2 is 2.06 bits per heavy atom. The normalized spacial score (nSPS) is 33.2. The van der Waals surface area contributed by atoms with Gasteiger partial charge in [-0.05, 0) is 25.7 Å². The van der Waals surface area contributed by atoms with Crippen LogP contribution in [0.15, 0.2) is 4.52 Å². The van der Waals surface area contributed by atoms with E-state index in [0.29, 0.717) is 18.0 Å². The monoisotopic (exact) mass is 237 g/mol. The molecule has 1 aromatic rings. The zero-order valence-corrected chi connectivity index (χ0v) is 10.2. The van der Waals surface area contributed by atoms with Crippen molar-refractivity contribution in [1.82, 2.24) is 15.0 Å². The number of nitrogens with zero attached hydrogens (tertiary/aromatic N) is 3. The second-order valence-electron chi connectivity index (χ2n) is 5.14. The molecule has 2 bridgehead atoms. The molecule has 1 aromatic heterocycles. The van der Waals surface area contributed by atoms with Crippen LogP contribution in [0, 0.1) is 0 Å². The van der Waals surface area contributed by atoms with Gasteiger partial charge in [0, 0.05) is 18.5 Å². The molecule has 2 aliphatic rings. The van der Waals surface area contributed by atoms with Crippen LogP contribution in [0.3, 0.4) is 0 Å². The van der Waals surface area contributed by atoms with Crippen LogP contribution in [0.5, 0.6) is 0 Å². The maximum atomic E-state index is 9.74. The highest BCUT2D eigenvalue weighted by molar-refractivity contribution is 4.98. The summed E-state index contributed by atoms with van der Waals surface area (Å²) in [6.07, 6.45) is 4.86. The molecule has 2 atom stereocenters. The lowest BCUT2D eigenvalue weighted by atomic mass is 10.00. The van der Waals surface area contributed by atoms with Gasteiger partial charge >= 0.3 is 0 Å². The van der Waals surface area contributed by atoms with Crippen molar-refractivity contribution in [2.45, 2.75) is 63.8 Å². The molecule has 0 radical (unpaired) electrons. The van der Waals surface area contributed by atoms with Gasteiger partial charge in [0.25, 0.3) is 0 Å². The van der Waals surface area contributed by atoms with Gasteiger partial charge in [0.2, 0.25) is 5.89 Å². The molecule has 0 spiro atoms. The third kappa shape index (κ3) is 2.09. The number of aliphatic hydroxyl groups excluding tert-OH is 1. The Bertz CT molecular complexity index is 379. The fraction of sp³-hybridized carbons (Fsp3) is 0.833. The molecule has 2 unspecified atom stereocenters. The van der Waals surface area contributed by atoms with Crippen molar-refractivity contribution in [1.29, 1.82) is 0 Å². The highest BCUT2D eigenvalue weighted by Gasteiger charge is 2.40. The summed E-state index contributed by atoms with van der Waals surface area (Å²) in [6, 6.07) is 1.01. The predicted octanol–water partition coefficient (Wildman–Crippen LogP) is 1.12. The highest BCUT2D eigenvalue weighted by atomic mass is 16.5. The zero-order valence-electron chi connectivity index (χ0n) is 10.2. The molecule has 5 heteroatoms. The number of aliphatic hydroxyl groups is 1. The molecule has 0 saturated carbocycles. The minimum atomic E-state index is -0.111. The molecule has 2 aliphatic heterocycles. The van der Waals surface area contributed by atoms with E-state index >= 15 is 0 Å². The second-order valence-corrected chi connectivity index (χ2v) is 5.14. The Morgan fingerprint density at radius 3 is 2.65 bits per heavy atom. The molecular weight excluding hydrogens is 218 g/mol. The van der Waals surface area contributed by atoms with E-state index in [1.165, 1.54) is 12.8 Å². The molecular formula is C12H19N3O2. The fourth-order valence-electron chi connectivity index (χ4n) is 3.16. The van der Waals surface area contributed by atoms with Gasteiger partial charge in [0.05, 0.1) is 12.6 Å². The van der Waals surface area contributed by atoms with E-state index in [4.69, 9.17) is 4.52 Å². The molecule has 3 rings (SSSR count). The van der Waals surface area contributed by atoms with Crippen LogP contribution in [-0.4, -0.2) is 38.3 Å². The van der Waals surface area contributed by atoms with Crippen LogP contribution in [0.1, 0.15) is 44.3 Å². The molecule has 0 amide bonds. The second kappa shape index (κ2) is 4.38. The van der Waals surface area contributed by atoms with Crippen molar-refractivity contribution in [3.05, 3.63) is 11.7 Å². The predicted molar refractivity (Wildman–Crippen MR) is 61.3 cm³/mol. The summed E-state index contributed by atoms with van der Waals surface area (Å²) in [5.41, 5.74) is 0. The number of hydrogen-bond donors (Lipinski definition) is 1. The van der Waals surface area contributed by atoms with E-state index in [0.717, 1.165) is 31.6 Å². The first kappa shape index (κ1) is 11.2. The summed E-state index contributed by atoms with van der Waals surface area (Å²) in [4.78, 5) is 6.80. The van der Waals surface area contributed by atoms with Crippen LogP contribution in [0.4, 0.5) is 0 Å². The smallest absolute Gasteiger partial charge is 0.226 e. The first-order valence-electron chi connectivity index (χ1n) is 6.51. The van der Waals surface area contributed by atoms with Crippen molar-refractivity contribution < 1.29 is 9.63 Å². The molecule has 2 saturated heterocycles. The summed E-state index contributed by atoms with van der Waals surface area (Å²) < 4.78 is 5.13. The van der Waals surface area contributed by atoms with Gasteiger partial charge in [-0.2, -0.15) is 4.98 Å². The third-order valence-corrected chi connectivity index (χ3v) is 4.00. The van der Waals surface area contributed by atoms with Gasteiger partial charge in [0.15, 0.2) is 5.82 Å². The van der Waals surface area contributed by atoms with Crippen molar-refractivity contribution in [3.63, 3.8) is 0 Å². The van der Waals surface area contributed by atoms with E-state index < -0.39 is 0 Å². The van der Waals surface area contributed by atoms with Crippen LogP contribution in [0.25, 0.3) is 0 Å². The van der Waals surface area contributed by atoms with E-state index in [2.05, 4.69) is 15.0 Å². The molecule has 3 heterocycles. The molecule has 5 nitrogen and oxygen atoms in total. The first-order chi connectivity index (χ1) is 8.26. The summed E-state index contributed by atoms with van der Waals surface area (Å²) in [5, 5.41) is 13.7. The zero-order chi connectivity index (χ0) is 11.8. The molecule has 1 N–H and O–H groups in total. The van der Waals surface area contributed by atoms with E-state index in [1.54, 1.807) is 0 Å². The van der Waals surface area contributed by atoms with Crippen molar-refractivity contribution in [2.24, 2.45) is 0 Å². The van der Waals surface area contributed by atoms with Gasteiger partial charge in [-0.25, -0.2) is 0 Å². The van der Waals surface area contributed by atoms with Crippen LogP contribution >= 0.6 is 0 Å². The maximum absolute atomic E-state index is 9.74. The summed E-state index contributed by atoms with van der Waals surface area (Å²) in [6.45, 7) is 2.78. The average Bonchev–Trinajstić information content (AvgIpc) is 2.85. The average molecular weight is 237 g/mol. The minimum Gasteiger partial charge on any atom is -0.393 e. The summed E-state index contributed by atoms with van der Waals surface area (Å²) in [5.74, 6) is 1.50. The number of hydrogen-bond acceptors (Lipinski definition) is 5. The molecule has 0 aliphatic carbocycles. The van der Waals surface area contributed by atoms with Gasteiger partial charge in [-0.1, -0.05) is 12.1 Å².